The van der Waals surface area contributed by atoms with Gasteiger partial charge in [0.1, 0.15) is 0 Å². The molecule has 1 aliphatic heterocycles. The van der Waals surface area contributed by atoms with Gasteiger partial charge < -0.3 is 15.1 Å². The lowest BCUT2D eigenvalue weighted by atomic mass is 10.2. The number of likely N-dealkylation sites (N-methyl/N-ethyl adjacent to an activating group) is 1. The molecule has 1 heterocycles. The van der Waals surface area contributed by atoms with Crippen molar-refractivity contribution in [3.8, 4) is 0 Å². The number of rotatable bonds is 5. The van der Waals surface area contributed by atoms with E-state index in [-0.39, 0.29) is 5.91 Å². The SMILES string of the molecule is CCN1CCN(c2ccccc2NC(=O)/C=C/c2ccccc2Br)CC1. The molecule has 0 bridgehead atoms. The van der Waals surface area contributed by atoms with Crippen LogP contribution in [0.1, 0.15) is 12.5 Å². The molecule has 26 heavy (non-hydrogen) atoms. The summed E-state index contributed by atoms with van der Waals surface area (Å²) >= 11 is 3.49. The molecule has 2 aromatic carbocycles. The number of halogens is 1. The van der Waals surface area contributed by atoms with Crippen molar-refractivity contribution in [2.75, 3.05) is 42.9 Å². The number of piperazine rings is 1. The van der Waals surface area contributed by atoms with Gasteiger partial charge in [-0.25, -0.2) is 0 Å². The number of para-hydroxylation sites is 2. The van der Waals surface area contributed by atoms with Crippen molar-refractivity contribution in [3.63, 3.8) is 0 Å². The molecule has 0 aromatic heterocycles. The normalized spacial score (nSPS) is 15.4. The van der Waals surface area contributed by atoms with E-state index >= 15 is 0 Å². The Kier molecular flexibility index (Phi) is 6.47. The van der Waals surface area contributed by atoms with E-state index < -0.39 is 0 Å². The van der Waals surface area contributed by atoms with E-state index in [2.05, 4.69) is 44.0 Å². The van der Waals surface area contributed by atoms with Crippen LogP contribution in [0.4, 0.5) is 11.4 Å². The first-order valence-electron chi connectivity index (χ1n) is 8.97. The summed E-state index contributed by atoms with van der Waals surface area (Å²) in [6.07, 6.45) is 3.40. The van der Waals surface area contributed by atoms with E-state index in [4.69, 9.17) is 0 Å². The number of nitrogens with zero attached hydrogens (tertiary/aromatic N) is 2. The number of carbonyl (C=O) groups is 1. The maximum atomic E-state index is 12.4. The second-order valence-corrected chi connectivity index (χ2v) is 7.14. The third-order valence-electron chi connectivity index (χ3n) is 4.64. The molecule has 1 amide bonds. The fourth-order valence-electron chi connectivity index (χ4n) is 3.11. The Balaban J connectivity index is 1.68. The van der Waals surface area contributed by atoms with Crippen LogP contribution in [0.2, 0.25) is 0 Å². The molecule has 0 unspecified atom stereocenters. The van der Waals surface area contributed by atoms with Crippen LogP contribution in [-0.4, -0.2) is 43.5 Å². The quantitative estimate of drug-likeness (QED) is 0.744. The molecule has 5 heteroatoms. The highest BCUT2D eigenvalue weighted by Crippen LogP contribution is 2.26. The molecule has 0 radical (unpaired) electrons. The maximum absolute atomic E-state index is 12.4. The van der Waals surface area contributed by atoms with Gasteiger partial charge in [-0.1, -0.05) is 53.2 Å². The third kappa shape index (κ3) is 4.74. The van der Waals surface area contributed by atoms with Crippen molar-refractivity contribution in [1.29, 1.82) is 0 Å². The van der Waals surface area contributed by atoms with Gasteiger partial charge in [0.15, 0.2) is 0 Å². The average molecular weight is 414 g/mol. The van der Waals surface area contributed by atoms with Crippen molar-refractivity contribution < 1.29 is 4.79 Å². The first kappa shape index (κ1) is 18.7. The highest BCUT2D eigenvalue weighted by Gasteiger charge is 2.18. The minimum absolute atomic E-state index is 0.125. The van der Waals surface area contributed by atoms with Gasteiger partial charge in [0.05, 0.1) is 11.4 Å². The van der Waals surface area contributed by atoms with Gasteiger partial charge in [-0.05, 0) is 36.4 Å². The highest BCUT2D eigenvalue weighted by molar-refractivity contribution is 9.10. The zero-order valence-electron chi connectivity index (χ0n) is 15.0. The van der Waals surface area contributed by atoms with Gasteiger partial charge in [-0.3, -0.25) is 4.79 Å². The predicted octanol–water partition coefficient (Wildman–Crippen LogP) is 4.24. The third-order valence-corrected chi connectivity index (χ3v) is 5.36. The summed E-state index contributed by atoms with van der Waals surface area (Å²) in [6.45, 7) is 7.36. The molecule has 0 aliphatic carbocycles. The summed E-state index contributed by atoms with van der Waals surface area (Å²) in [4.78, 5) is 17.2. The van der Waals surface area contributed by atoms with E-state index in [1.54, 1.807) is 6.08 Å². The molecule has 1 fully saturated rings. The summed E-state index contributed by atoms with van der Waals surface area (Å²) in [5.74, 6) is -0.125. The topological polar surface area (TPSA) is 35.6 Å². The fourth-order valence-corrected chi connectivity index (χ4v) is 3.53. The summed E-state index contributed by atoms with van der Waals surface area (Å²) in [6, 6.07) is 15.9. The first-order valence-corrected chi connectivity index (χ1v) is 9.76. The number of hydrogen-bond acceptors (Lipinski definition) is 3. The van der Waals surface area contributed by atoms with Crippen LogP contribution < -0.4 is 10.2 Å². The lowest BCUT2D eigenvalue weighted by molar-refractivity contribution is -0.111. The van der Waals surface area contributed by atoms with Crippen molar-refractivity contribution >= 4 is 39.3 Å². The van der Waals surface area contributed by atoms with E-state index in [0.29, 0.717) is 0 Å². The summed E-state index contributed by atoms with van der Waals surface area (Å²) in [5.41, 5.74) is 2.93. The van der Waals surface area contributed by atoms with Gasteiger partial charge in [-0.2, -0.15) is 0 Å². The van der Waals surface area contributed by atoms with Gasteiger partial charge in [0.25, 0.3) is 0 Å². The van der Waals surface area contributed by atoms with E-state index in [1.165, 1.54) is 0 Å². The summed E-state index contributed by atoms with van der Waals surface area (Å²) in [7, 11) is 0. The number of hydrogen-bond donors (Lipinski definition) is 1. The summed E-state index contributed by atoms with van der Waals surface area (Å²) < 4.78 is 0.971. The lowest BCUT2D eigenvalue weighted by Crippen LogP contribution is -2.46. The molecule has 4 nitrogen and oxygen atoms in total. The minimum atomic E-state index is -0.125. The fraction of sp³-hybridized carbons (Fsp3) is 0.286. The Hall–Kier alpha value is -2.11. The number of amides is 1. The molecule has 1 saturated heterocycles. The maximum Gasteiger partial charge on any atom is 0.248 e. The number of nitrogens with one attached hydrogen (secondary N) is 1. The highest BCUT2D eigenvalue weighted by atomic mass is 79.9. The molecule has 0 saturated carbocycles. The van der Waals surface area contributed by atoms with Crippen LogP contribution in [-0.2, 0) is 4.79 Å². The number of anilines is 2. The molecular weight excluding hydrogens is 390 g/mol. The predicted molar refractivity (Wildman–Crippen MR) is 113 cm³/mol. The zero-order valence-corrected chi connectivity index (χ0v) is 16.6. The molecular formula is C21H24BrN3O. The van der Waals surface area contributed by atoms with Gasteiger partial charge in [0, 0.05) is 36.7 Å². The monoisotopic (exact) mass is 413 g/mol. The summed E-state index contributed by atoms with van der Waals surface area (Å²) in [5, 5.41) is 3.03. The zero-order chi connectivity index (χ0) is 18.4. The molecule has 3 rings (SSSR count). The van der Waals surface area contributed by atoms with E-state index in [1.807, 2.05) is 48.5 Å². The number of benzene rings is 2. The van der Waals surface area contributed by atoms with Crippen LogP contribution in [0.3, 0.4) is 0 Å². The second kappa shape index (κ2) is 9.01. The Morgan fingerprint density at radius 1 is 1.08 bits per heavy atom. The van der Waals surface area contributed by atoms with Crippen molar-refractivity contribution in [2.45, 2.75) is 6.92 Å². The standard InChI is InChI=1S/C21H24BrN3O/c1-2-24-13-15-25(16-14-24)20-10-6-5-9-19(20)23-21(26)12-11-17-7-3-4-8-18(17)22/h3-12H,2,13-16H2,1H3,(H,23,26)/b12-11+. The Labute approximate surface area is 163 Å². The molecule has 1 N–H and O–H groups in total. The van der Waals surface area contributed by atoms with Crippen LogP contribution in [0, 0.1) is 0 Å². The Morgan fingerprint density at radius 2 is 1.77 bits per heavy atom. The van der Waals surface area contributed by atoms with Gasteiger partial charge in [-0.15, -0.1) is 0 Å². The smallest absolute Gasteiger partial charge is 0.248 e. The molecule has 0 spiro atoms. The van der Waals surface area contributed by atoms with E-state index in [9.17, 15) is 4.79 Å². The molecule has 136 valence electrons. The van der Waals surface area contributed by atoms with Crippen molar-refractivity contribution in [2.24, 2.45) is 0 Å². The van der Waals surface area contributed by atoms with Crippen LogP contribution in [0.5, 0.6) is 0 Å². The van der Waals surface area contributed by atoms with Crippen molar-refractivity contribution in [1.82, 2.24) is 4.90 Å². The second-order valence-electron chi connectivity index (χ2n) is 6.28. The van der Waals surface area contributed by atoms with Gasteiger partial charge >= 0.3 is 0 Å². The lowest BCUT2D eigenvalue weighted by Gasteiger charge is -2.36. The largest absolute Gasteiger partial charge is 0.367 e. The Bertz CT molecular complexity index is 782. The van der Waals surface area contributed by atoms with Crippen LogP contribution in [0.15, 0.2) is 59.1 Å². The van der Waals surface area contributed by atoms with E-state index in [0.717, 1.165) is 54.1 Å². The minimum Gasteiger partial charge on any atom is -0.367 e. The van der Waals surface area contributed by atoms with Gasteiger partial charge in [0.2, 0.25) is 5.91 Å². The van der Waals surface area contributed by atoms with Crippen molar-refractivity contribution in [3.05, 3.63) is 64.6 Å². The average Bonchev–Trinajstić information content (AvgIpc) is 2.68. The first-order chi connectivity index (χ1) is 12.7. The molecule has 0 atom stereocenters. The molecule has 1 aliphatic rings. The van der Waals surface area contributed by atoms with Crippen LogP contribution >= 0.6 is 15.9 Å². The Morgan fingerprint density at radius 3 is 2.50 bits per heavy atom. The van der Waals surface area contributed by atoms with Crippen LogP contribution in [0.25, 0.3) is 6.08 Å². The number of carbonyl (C=O) groups excluding carboxylic acids is 1. The molecule has 2 aromatic rings.